The van der Waals surface area contributed by atoms with Gasteiger partial charge in [-0.3, -0.25) is 4.79 Å². The van der Waals surface area contributed by atoms with Crippen molar-refractivity contribution in [1.82, 2.24) is 10.3 Å². The Hall–Kier alpha value is -1.62. The third kappa shape index (κ3) is 2.56. The molecule has 1 aromatic carbocycles. The fourth-order valence-corrected chi connectivity index (χ4v) is 3.54. The number of amides is 1. The lowest BCUT2D eigenvalue weighted by molar-refractivity contribution is 0.0936. The maximum atomic E-state index is 12.3. The van der Waals surface area contributed by atoms with E-state index in [2.05, 4.69) is 10.3 Å². The molecule has 1 saturated heterocycles. The van der Waals surface area contributed by atoms with Crippen LogP contribution in [0.15, 0.2) is 24.4 Å². The van der Waals surface area contributed by atoms with E-state index in [1.807, 2.05) is 30.0 Å². The quantitative estimate of drug-likeness (QED) is 0.737. The van der Waals surface area contributed by atoms with Gasteiger partial charge >= 0.3 is 0 Å². The van der Waals surface area contributed by atoms with E-state index in [0.29, 0.717) is 17.3 Å². The van der Waals surface area contributed by atoms with Crippen LogP contribution in [0, 0.1) is 0 Å². The molecule has 1 aliphatic rings. The van der Waals surface area contributed by atoms with Crippen molar-refractivity contribution in [3.63, 3.8) is 0 Å². The Labute approximate surface area is 116 Å². The van der Waals surface area contributed by atoms with Crippen molar-refractivity contribution in [3.05, 3.63) is 30.0 Å². The van der Waals surface area contributed by atoms with Gasteiger partial charge in [-0.15, -0.1) is 0 Å². The van der Waals surface area contributed by atoms with Crippen LogP contribution >= 0.6 is 11.8 Å². The largest absolute Gasteiger partial charge is 0.399 e. The van der Waals surface area contributed by atoms with Crippen LogP contribution < -0.4 is 11.1 Å². The summed E-state index contributed by atoms with van der Waals surface area (Å²) >= 11 is 1.96. The Kier molecular flexibility index (Phi) is 3.38. The zero-order chi connectivity index (χ0) is 13.2. The molecule has 4 nitrogen and oxygen atoms in total. The SMILES string of the molecule is Nc1ccc2c(C(=O)NC3CCSCC3)c[nH]c2c1. The van der Waals surface area contributed by atoms with Crippen molar-refractivity contribution in [2.45, 2.75) is 18.9 Å². The number of aromatic nitrogens is 1. The van der Waals surface area contributed by atoms with E-state index >= 15 is 0 Å². The Balaban J connectivity index is 1.81. The number of fused-ring (bicyclic) bond motifs is 1. The number of hydrogen-bond acceptors (Lipinski definition) is 3. The Morgan fingerprint density at radius 1 is 1.37 bits per heavy atom. The summed E-state index contributed by atoms with van der Waals surface area (Å²) in [5.41, 5.74) is 8.04. The highest BCUT2D eigenvalue weighted by Gasteiger charge is 2.18. The fraction of sp³-hybridized carbons (Fsp3) is 0.357. The van der Waals surface area contributed by atoms with Crippen molar-refractivity contribution in [2.24, 2.45) is 0 Å². The number of aromatic amines is 1. The molecule has 0 atom stereocenters. The molecule has 0 saturated carbocycles. The number of nitrogens with two attached hydrogens (primary N) is 1. The molecule has 2 heterocycles. The van der Waals surface area contributed by atoms with E-state index in [0.717, 1.165) is 35.3 Å². The lowest BCUT2D eigenvalue weighted by Gasteiger charge is -2.22. The lowest BCUT2D eigenvalue weighted by Crippen LogP contribution is -2.37. The molecule has 19 heavy (non-hydrogen) atoms. The van der Waals surface area contributed by atoms with Gasteiger partial charge in [0, 0.05) is 28.8 Å². The summed E-state index contributed by atoms with van der Waals surface area (Å²) in [7, 11) is 0. The van der Waals surface area contributed by atoms with Crippen LogP contribution in [-0.4, -0.2) is 28.4 Å². The first kappa shape index (κ1) is 12.4. The standard InChI is InChI=1S/C14H17N3OS/c15-9-1-2-11-12(8-16-13(11)7-9)14(18)17-10-3-5-19-6-4-10/h1-2,7-8,10,16H,3-6,15H2,(H,17,18). The number of H-pyrrole nitrogens is 1. The van der Waals surface area contributed by atoms with Gasteiger partial charge < -0.3 is 16.0 Å². The first-order chi connectivity index (χ1) is 9.24. The van der Waals surface area contributed by atoms with E-state index in [4.69, 9.17) is 5.73 Å². The molecule has 0 bridgehead atoms. The van der Waals surface area contributed by atoms with Crippen molar-refractivity contribution in [2.75, 3.05) is 17.2 Å². The molecular formula is C14H17N3OS. The Morgan fingerprint density at radius 3 is 2.95 bits per heavy atom. The molecule has 4 N–H and O–H groups in total. The van der Waals surface area contributed by atoms with Gasteiger partial charge in [0.1, 0.15) is 0 Å². The number of thioether (sulfide) groups is 1. The van der Waals surface area contributed by atoms with Crippen molar-refractivity contribution in [1.29, 1.82) is 0 Å². The van der Waals surface area contributed by atoms with Crippen LogP contribution in [-0.2, 0) is 0 Å². The van der Waals surface area contributed by atoms with Crippen LogP contribution in [0.5, 0.6) is 0 Å². The average molecular weight is 275 g/mol. The molecular weight excluding hydrogens is 258 g/mol. The van der Waals surface area contributed by atoms with Gasteiger partial charge in [0.05, 0.1) is 5.56 Å². The number of benzene rings is 1. The molecule has 2 aromatic rings. The van der Waals surface area contributed by atoms with Crippen LogP contribution in [0.25, 0.3) is 10.9 Å². The van der Waals surface area contributed by atoms with E-state index in [1.54, 1.807) is 6.20 Å². The van der Waals surface area contributed by atoms with Gasteiger partial charge in [-0.05, 0) is 42.5 Å². The van der Waals surface area contributed by atoms with Gasteiger partial charge in [-0.2, -0.15) is 11.8 Å². The van der Waals surface area contributed by atoms with E-state index in [-0.39, 0.29) is 5.91 Å². The summed E-state index contributed by atoms with van der Waals surface area (Å²) in [6, 6.07) is 5.88. The van der Waals surface area contributed by atoms with E-state index < -0.39 is 0 Å². The molecule has 1 fully saturated rings. The second-order valence-electron chi connectivity index (χ2n) is 4.87. The predicted octanol–water partition coefficient (Wildman–Crippen LogP) is 2.38. The molecule has 3 rings (SSSR count). The van der Waals surface area contributed by atoms with Crippen molar-refractivity contribution in [3.8, 4) is 0 Å². The second-order valence-corrected chi connectivity index (χ2v) is 6.09. The first-order valence-corrected chi connectivity index (χ1v) is 7.65. The maximum Gasteiger partial charge on any atom is 0.253 e. The number of hydrogen-bond donors (Lipinski definition) is 3. The number of anilines is 1. The molecule has 5 heteroatoms. The molecule has 100 valence electrons. The minimum absolute atomic E-state index is 0.00733. The highest BCUT2D eigenvalue weighted by molar-refractivity contribution is 7.99. The van der Waals surface area contributed by atoms with Crippen LogP contribution in [0.2, 0.25) is 0 Å². The average Bonchev–Trinajstić information content (AvgIpc) is 2.82. The van der Waals surface area contributed by atoms with Crippen LogP contribution in [0.4, 0.5) is 5.69 Å². The second kappa shape index (κ2) is 5.17. The lowest BCUT2D eigenvalue weighted by atomic mass is 10.1. The van der Waals surface area contributed by atoms with Crippen LogP contribution in [0.1, 0.15) is 23.2 Å². The normalized spacial score (nSPS) is 16.6. The minimum Gasteiger partial charge on any atom is -0.399 e. The summed E-state index contributed by atoms with van der Waals surface area (Å²) in [6.07, 6.45) is 3.88. The molecule has 1 amide bonds. The predicted molar refractivity (Wildman–Crippen MR) is 80.5 cm³/mol. The smallest absolute Gasteiger partial charge is 0.253 e. The Bertz CT molecular complexity index is 602. The summed E-state index contributed by atoms with van der Waals surface area (Å²) in [6.45, 7) is 0. The first-order valence-electron chi connectivity index (χ1n) is 6.49. The Morgan fingerprint density at radius 2 is 2.16 bits per heavy atom. The zero-order valence-electron chi connectivity index (χ0n) is 10.6. The van der Waals surface area contributed by atoms with Crippen molar-refractivity contribution < 1.29 is 4.79 Å². The summed E-state index contributed by atoms with van der Waals surface area (Å²) in [4.78, 5) is 15.4. The number of rotatable bonds is 2. The van der Waals surface area contributed by atoms with Gasteiger partial charge in [0.2, 0.25) is 0 Å². The van der Waals surface area contributed by atoms with Crippen molar-refractivity contribution >= 4 is 34.3 Å². The van der Waals surface area contributed by atoms with Crippen LogP contribution in [0.3, 0.4) is 0 Å². The summed E-state index contributed by atoms with van der Waals surface area (Å²) in [5, 5.41) is 4.05. The highest BCUT2D eigenvalue weighted by Crippen LogP contribution is 2.22. The topological polar surface area (TPSA) is 70.9 Å². The third-order valence-corrected chi connectivity index (χ3v) is 4.56. The highest BCUT2D eigenvalue weighted by atomic mass is 32.2. The van der Waals surface area contributed by atoms with E-state index in [9.17, 15) is 4.79 Å². The summed E-state index contributed by atoms with van der Waals surface area (Å²) in [5.74, 6) is 2.28. The molecule has 0 aliphatic carbocycles. The molecule has 0 radical (unpaired) electrons. The monoisotopic (exact) mass is 275 g/mol. The molecule has 0 spiro atoms. The summed E-state index contributed by atoms with van der Waals surface area (Å²) < 4.78 is 0. The van der Waals surface area contributed by atoms with Gasteiger partial charge in [0.15, 0.2) is 0 Å². The third-order valence-electron chi connectivity index (χ3n) is 3.51. The van der Waals surface area contributed by atoms with Gasteiger partial charge in [-0.1, -0.05) is 0 Å². The molecule has 0 unspecified atom stereocenters. The van der Waals surface area contributed by atoms with E-state index in [1.165, 1.54) is 0 Å². The maximum absolute atomic E-state index is 12.3. The zero-order valence-corrected chi connectivity index (χ0v) is 11.4. The number of carbonyl (C=O) groups excluding carboxylic acids is 1. The fourth-order valence-electron chi connectivity index (χ4n) is 2.44. The minimum atomic E-state index is 0.00733. The number of carbonyl (C=O) groups is 1. The van der Waals surface area contributed by atoms with Gasteiger partial charge in [0.25, 0.3) is 5.91 Å². The number of nitrogen functional groups attached to an aromatic ring is 1. The molecule has 1 aliphatic heterocycles. The van der Waals surface area contributed by atoms with Gasteiger partial charge in [-0.25, -0.2) is 0 Å². The number of nitrogens with one attached hydrogen (secondary N) is 2. The molecule has 1 aromatic heterocycles.